The molecule has 0 aliphatic carbocycles. The lowest BCUT2D eigenvalue weighted by molar-refractivity contribution is -0.150. The molecule has 4 nitrogen and oxygen atoms in total. The minimum Gasteiger partial charge on any atom is -0.466 e. The number of nitrogens with zero attached hydrogens (tertiary/aromatic N) is 1. The minimum atomic E-state index is -0.200. The molecule has 0 bridgehead atoms. The van der Waals surface area contributed by atoms with Gasteiger partial charge in [0.1, 0.15) is 0 Å². The van der Waals surface area contributed by atoms with E-state index in [9.17, 15) is 10.0 Å². The van der Waals surface area contributed by atoms with Crippen LogP contribution >= 0.6 is 0 Å². The van der Waals surface area contributed by atoms with Crippen LogP contribution in [0.5, 0.6) is 0 Å². The normalized spacial score (nSPS) is 12.4. The fourth-order valence-electron chi connectivity index (χ4n) is 1.98. The van der Waals surface area contributed by atoms with Crippen molar-refractivity contribution < 1.29 is 14.7 Å². The molecule has 0 aromatic heterocycles. The number of carbonyl (C=O) groups is 1. The van der Waals surface area contributed by atoms with Crippen molar-refractivity contribution in [3.8, 4) is 0 Å². The molecule has 0 heterocycles. The second-order valence-corrected chi connectivity index (χ2v) is 4.49. The summed E-state index contributed by atoms with van der Waals surface area (Å²) in [6, 6.07) is 9.77. The van der Waals surface area contributed by atoms with Crippen molar-refractivity contribution in [2.75, 3.05) is 6.61 Å². The maximum Gasteiger partial charge on any atom is 0.305 e. The number of ether oxygens (including phenoxy) is 1. The SMILES string of the molecule is CCOC(=O)CCC(CC)N(O)Cc1ccccc1. The van der Waals surface area contributed by atoms with Gasteiger partial charge in [-0.3, -0.25) is 4.79 Å². The van der Waals surface area contributed by atoms with Gasteiger partial charge >= 0.3 is 5.97 Å². The number of hydrogen-bond acceptors (Lipinski definition) is 4. The maximum atomic E-state index is 11.3. The molecule has 0 radical (unpaired) electrons. The van der Waals surface area contributed by atoms with E-state index < -0.39 is 0 Å². The average Bonchev–Trinajstić information content (AvgIpc) is 2.41. The highest BCUT2D eigenvalue weighted by Crippen LogP contribution is 2.13. The van der Waals surface area contributed by atoms with Crippen LogP contribution in [0, 0.1) is 0 Å². The summed E-state index contributed by atoms with van der Waals surface area (Å²) >= 11 is 0. The van der Waals surface area contributed by atoms with E-state index in [1.807, 2.05) is 37.3 Å². The van der Waals surface area contributed by atoms with Gasteiger partial charge in [-0.2, -0.15) is 5.06 Å². The zero-order valence-corrected chi connectivity index (χ0v) is 11.7. The second kappa shape index (κ2) is 8.67. The van der Waals surface area contributed by atoms with Gasteiger partial charge in [-0.05, 0) is 25.3 Å². The van der Waals surface area contributed by atoms with Crippen LogP contribution in [-0.2, 0) is 16.1 Å². The fraction of sp³-hybridized carbons (Fsp3) is 0.533. The lowest BCUT2D eigenvalue weighted by atomic mass is 10.1. The highest BCUT2D eigenvalue weighted by molar-refractivity contribution is 5.69. The quantitative estimate of drug-likeness (QED) is 0.580. The minimum absolute atomic E-state index is 0.0235. The van der Waals surface area contributed by atoms with Crippen LogP contribution in [0.4, 0.5) is 0 Å². The lowest BCUT2D eigenvalue weighted by Crippen LogP contribution is -2.32. The number of carbonyl (C=O) groups excluding carboxylic acids is 1. The van der Waals surface area contributed by atoms with Crippen molar-refractivity contribution in [2.24, 2.45) is 0 Å². The van der Waals surface area contributed by atoms with E-state index in [-0.39, 0.29) is 12.0 Å². The molecular weight excluding hydrogens is 242 g/mol. The van der Waals surface area contributed by atoms with Crippen LogP contribution in [-0.4, -0.2) is 28.9 Å². The zero-order chi connectivity index (χ0) is 14.1. The fourth-order valence-corrected chi connectivity index (χ4v) is 1.98. The molecule has 1 aromatic carbocycles. The standard InChI is InChI=1S/C15H23NO3/c1-3-14(10-11-15(17)19-4-2)16(18)12-13-8-6-5-7-9-13/h5-9,14,18H,3-4,10-12H2,1-2H3. The predicted molar refractivity (Wildman–Crippen MR) is 73.7 cm³/mol. The summed E-state index contributed by atoms with van der Waals surface area (Å²) in [7, 11) is 0. The van der Waals surface area contributed by atoms with Crippen molar-refractivity contribution in [3.05, 3.63) is 35.9 Å². The molecule has 19 heavy (non-hydrogen) atoms. The maximum absolute atomic E-state index is 11.3. The van der Waals surface area contributed by atoms with Crippen LogP contribution in [0.1, 0.15) is 38.7 Å². The Labute approximate surface area is 114 Å². The van der Waals surface area contributed by atoms with Gasteiger partial charge < -0.3 is 9.94 Å². The highest BCUT2D eigenvalue weighted by atomic mass is 16.5. The van der Waals surface area contributed by atoms with Crippen LogP contribution < -0.4 is 0 Å². The Morgan fingerprint density at radius 1 is 1.32 bits per heavy atom. The van der Waals surface area contributed by atoms with E-state index >= 15 is 0 Å². The number of esters is 1. The third kappa shape index (κ3) is 5.85. The van der Waals surface area contributed by atoms with Crippen molar-refractivity contribution in [1.29, 1.82) is 0 Å². The Kier molecular flexibility index (Phi) is 7.15. The first-order valence-corrected chi connectivity index (χ1v) is 6.82. The lowest BCUT2D eigenvalue weighted by Gasteiger charge is -2.24. The van der Waals surface area contributed by atoms with Crippen LogP contribution in [0.25, 0.3) is 0 Å². The Bertz CT molecular complexity index is 367. The van der Waals surface area contributed by atoms with Crippen LogP contribution in [0.2, 0.25) is 0 Å². The number of hydroxylamine groups is 2. The molecule has 4 heteroatoms. The first kappa shape index (κ1) is 15.7. The van der Waals surface area contributed by atoms with Gasteiger partial charge in [-0.1, -0.05) is 37.3 Å². The number of hydrogen-bond donors (Lipinski definition) is 1. The molecule has 0 saturated heterocycles. The van der Waals surface area contributed by atoms with E-state index in [1.165, 1.54) is 5.06 Å². The molecule has 106 valence electrons. The van der Waals surface area contributed by atoms with Crippen molar-refractivity contribution in [3.63, 3.8) is 0 Å². The summed E-state index contributed by atoms with van der Waals surface area (Å²) in [5.41, 5.74) is 1.06. The van der Waals surface area contributed by atoms with Gasteiger partial charge in [0, 0.05) is 19.0 Å². The largest absolute Gasteiger partial charge is 0.466 e. The molecule has 1 unspecified atom stereocenters. The zero-order valence-electron chi connectivity index (χ0n) is 11.7. The molecule has 1 rings (SSSR count). The molecule has 0 spiro atoms. The molecule has 0 amide bonds. The van der Waals surface area contributed by atoms with Gasteiger partial charge in [-0.25, -0.2) is 0 Å². The molecule has 0 fully saturated rings. The summed E-state index contributed by atoms with van der Waals surface area (Å²) < 4.78 is 4.90. The summed E-state index contributed by atoms with van der Waals surface area (Å²) in [5.74, 6) is -0.200. The molecule has 1 aromatic rings. The van der Waals surface area contributed by atoms with Crippen molar-refractivity contribution >= 4 is 5.97 Å². The Morgan fingerprint density at radius 3 is 2.58 bits per heavy atom. The molecular formula is C15H23NO3. The Morgan fingerprint density at radius 2 is 2.00 bits per heavy atom. The smallest absolute Gasteiger partial charge is 0.305 e. The Hall–Kier alpha value is -1.39. The number of benzene rings is 1. The van der Waals surface area contributed by atoms with Gasteiger partial charge in [0.15, 0.2) is 0 Å². The van der Waals surface area contributed by atoms with E-state index in [0.29, 0.717) is 26.0 Å². The van der Waals surface area contributed by atoms with Crippen molar-refractivity contribution in [1.82, 2.24) is 5.06 Å². The van der Waals surface area contributed by atoms with E-state index in [2.05, 4.69) is 0 Å². The van der Waals surface area contributed by atoms with Gasteiger partial charge in [-0.15, -0.1) is 0 Å². The molecule has 0 aliphatic heterocycles. The van der Waals surface area contributed by atoms with Gasteiger partial charge in [0.05, 0.1) is 6.61 Å². The predicted octanol–water partition coefficient (Wildman–Crippen LogP) is 3.00. The first-order chi connectivity index (χ1) is 9.17. The van der Waals surface area contributed by atoms with Crippen molar-refractivity contribution in [2.45, 2.75) is 45.7 Å². The molecule has 1 atom stereocenters. The van der Waals surface area contributed by atoms with E-state index in [0.717, 1.165) is 12.0 Å². The van der Waals surface area contributed by atoms with Gasteiger partial charge in [0.2, 0.25) is 0 Å². The van der Waals surface area contributed by atoms with E-state index in [1.54, 1.807) is 6.92 Å². The second-order valence-electron chi connectivity index (χ2n) is 4.49. The average molecular weight is 265 g/mol. The third-order valence-electron chi connectivity index (χ3n) is 3.07. The number of rotatable bonds is 8. The highest BCUT2D eigenvalue weighted by Gasteiger charge is 2.16. The summed E-state index contributed by atoms with van der Waals surface area (Å²) in [4.78, 5) is 11.3. The molecule has 0 saturated carbocycles. The van der Waals surface area contributed by atoms with Crippen LogP contribution in [0.15, 0.2) is 30.3 Å². The molecule has 0 aliphatic rings. The summed E-state index contributed by atoms with van der Waals surface area (Å²) in [5, 5.41) is 11.4. The summed E-state index contributed by atoms with van der Waals surface area (Å²) in [6.45, 7) is 4.68. The Balaban J connectivity index is 2.43. The topological polar surface area (TPSA) is 49.8 Å². The monoisotopic (exact) mass is 265 g/mol. The van der Waals surface area contributed by atoms with E-state index in [4.69, 9.17) is 4.74 Å². The molecule has 1 N–H and O–H groups in total. The third-order valence-corrected chi connectivity index (χ3v) is 3.07. The van der Waals surface area contributed by atoms with Crippen LogP contribution in [0.3, 0.4) is 0 Å². The first-order valence-electron chi connectivity index (χ1n) is 6.82. The van der Waals surface area contributed by atoms with Gasteiger partial charge in [0.25, 0.3) is 0 Å². The summed E-state index contributed by atoms with van der Waals surface area (Å²) in [6.07, 6.45) is 1.75.